The molecule has 0 heterocycles. The minimum Gasteiger partial charge on any atom is -0.508 e. The zero-order valence-electron chi connectivity index (χ0n) is 24.4. The molecule has 9 heteroatoms. The Kier molecular flexibility index (Phi) is 15.0. The first-order valence-corrected chi connectivity index (χ1v) is 14.5. The number of ether oxygens (including phenoxy) is 4. The number of rotatable bonds is 18. The Labute approximate surface area is 242 Å². The topological polar surface area (TPSA) is 125 Å². The zero-order valence-corrected chi connectivity index (χ0v) is 24.4. The predicted molar refractivity (Wildman–Crippen MR) is 153 cm³/mol. The van der Waals surface area contributed by atoms with E-state index in [4.69, 9.17) is 18.9 Å². The second-order valence-electron chi connectivity index (χ2n) is 9.80. The van der Waals surface area contributed by atoms with Crippen molar-refractivity contribution in [3.8, 4) is 23.0 Å². The van der Waals surface area contributed by atoms with Crippen LogP contribution in [0.2, 0.25) is 0 Å². The van der Waals surface area contributed by atoms with Gasteiger partial charge in [0.05, 0.1) is 5.56 Å². The second kappa shape index (κ2) is 18.5. The number of para-hydroxylation sites is 1. The summed E-state index contributed by atoms with van der Waals surface area (Å²) in [6, 6.07) is 8.88. The lowest BCUT2D eigenvalue weighted by molar-refractivity contribution is -0.138. The van der Waals surface area contributed by atoms with Gasteiger partial charge >= 0.3 is 23.9 Å². The molecule has 0 aliphatic rings. The Morgan fingerprint density at radius 1 is 0.659 bits per heavy atom. The predicted octanol–water partition coefficient (Wildman–Crippen LogP) is 7.21. The Morgan fingerprint density at radius 3 is 1.59 bits per heavy atom. The van der Waals surface area contributed by atoms with Crippen LogP contribution in [-0.2, 0) is 25.7 Å². The van der Waals surface area contributed by atoms with Crippen molar-refractivity contribution >= 4 is 23.9 Å². The van der Waals surface area contributed by atoms with Crippen LogP contribution in [0.3, 0.4) is 0 Å². The van der Waals surface area contributed by atoms with Gasteiger partial charge in [0.15, 0.2) is 11.5 Å². The van der Waals surface area contributed by atoms with Crippen LogP contribution in [-0.4, -0.2) is 29.0 Å². The van der Waals surface area contributed by atoms with Gasteiger partial charge in [0.1, 0.15) is 12.4 Å². The monoisotopic (exact) mass is 570 g/mol. The fourth-order valence-electron chi connectivity index (χ4n) is 3.88. The normalized spacial score (nSPS) is 10.6. The number of aromatic hydroxyl groups is 1. The van der Waals surface area contributed by atoms with E-state index in [1.807, 2.05) is 20.8 Å². The molecule has 41 heavy (non-hydrogen) atoms. The summed E-state index contributed by atoms with van der Waals surface area (Å²) in [6.45, 7) is 5.80. The van der Waals surface area contributed by atoms with E-state index >= 15 is 0 Å². The molecule has 0 saturated heterocycles. The first kappa shape index (κ1) is 33.3. The van der Waals surface area contributed by atoms with Crippen molar-refractivity contribution in [3.63, 3.8) is 0 Å². The van der Waals surface area contributed by atoms with Crippen LogP contribution in [0.5, 0.6) is 23.0 Å². The van der Waals surface area contributed by atoms with E-state index in [2.05, 4.69) is 0 Å². The van der Waals surface area contributed by atoms with Crippen molar-refractivity contribution in [3.05, 3.63) is 47.5 Å². The molecule has 0 radical (unpaired) electrons. The number of hydrogen-bond acceptors (Lipinski definition) is 9. The molecular formula is C32H42O9. The number of benzene rings is 2. The van der Waals surface area contributed by atoms with Gasteiger partial charge in [-0.3, -0.25) is 14.4 Å². The molecule has 2 aromatic carbocycles. The summed E-state index contributed by atoms with van der Waals surface area (Å²) in [5, 5.41) is 10.0. The molecule has 0 unspecified atom stereocenters. The average molecular weight is 571 g/mol. The second-order valence-corrected chi connectivity index (χ2v) is 9.80. The molecule has 0 bridgehead atoms. The molecule has 224 valence electrons. The van der Waals surface area contributed by atoms with E-state index in [0.717, 1.165) is 38.5 Å². The summed E-state index contributed by atoms with van der Waals surface area (Å²) in [7, 11) is 0. The van der Waals surface area contributed by atoms with Gasteiger partial charge in [-0.2, -0.15) is 0 Å². The molecule has 0 atom stereocenters. The molecule has 0 saturated carbocycles. The Morgan fingerprint density at radius 2 is 1.12 bits per heavy atom. The average Bonchev–Trinajstić information content (AvgIpc) is 2.94. The first-order chi connectivity index (χ1) is 19.8. The number of esters is 4. The summed E-state index contributed by atoms with van der Waals surface area (Å²) in [5.74, 6) is -3.28. The quantitative estimate of drug-likeness (QED) is 0.112. The molecular weight excluding hydrogens is 528 g/mol. The van der Waals surface area contributed by atoms with Gasteiger partial charge in [0, 0.05) is 24.8 Å². The highest BCUT2D eigenvalue weighted by atomic mass is 16.6. The number of phenolic OH excluding ortho intramolecular Hbond substituents is 1. The molecule has 2 aromatic rings. The Balaban J connectivity index is 2.43. The standard InChI is InChI=1S/C32H42O9/c1-4-7-10-17-28(34)39-26-20-24(32(37)38-22-23-15-13-14-16-25(23)33)21-27(40-29(35)18-11-8-5-2)31(26)41-30(36)19-12-9-6-3/h13-16,20-21,33H,4-12,17-19,22H2,1-3H3. The molecule has 9 nitrogen and oxygen atoms in total. The highest BCUT2D eigenvalue weighted by Crippen LogP contribution is 2.40. The molecule has 0 aliphatic heterocycles. The Hall–Kier alpha value is -3.88. The van der Waals surface area contributed by atoms with E-state index in [1.54, 1.807) is 18.2 Å². The highest BCUT2D eigenvalue weighted by Gasteiger charge is 2.25. The van der Waals surface area contributed by atoms with E-state index in [9.17, 15) is 24.3 Å². The van der Waals surface area contributed by atoms with E-state index in [1.165, 1.54) is 18.2 Å². The molecule has 1 N–H and O–H groups in total. The van der Waals surface area contributed by atoms with Crippen molar-refractivity contribution in [2.75, 3.05) is 0 Å². The number of hydrogen-bond donors (Lipinski definition) is 1. The fourth-order valence-corrected chi connectivity index (χ4v) is 3.88. The maximum atomic E-state index is 13.0. The molecule has 0 aromatic heterocycles. The van der Waals surface area contributed by atoms with Gasteiger partial charge in [-0.15, -0.1) is 0 Å². The molecule has 0 fully saturated rings. The number of carbonyl (C=O) groups is 4. The lowest BCUT2D eigenvalue weighted by Crippen LogP contribution is -2.16. The molecule has 0 amide bonds. The van der Waals surface area contributed by atoms with Crippen LogP contribution >= 0.6 is 0 Å². The minimum absolute atomic E-state index is 0.0333. The number of phenols is 1. The minimum atomic E-state index is -0.819. The SMILES string of the molecule is CCCCCC(=O)Oc1cc(C(=O)OCc2ccccc2O)cc(OC(=O)CCCCC)c1OC(=O)CCCCC. The first-order valence-electron chi connectivity index (χ1n) is 14.5. The van der Waals surface area contributed by atoms with Crippen molar-refractivity contribution in [1.29, 1.82) is 0 Å². The van der Waals surface area contributed by atoms with E-state index < -0.39 is 23.9 Å². The van der Waals surface area contributed by atoms with Crippen LogP contribution in [0.25, 0.3) is 0 Å². The van der Waals surface area contributed by atoms with Crippen molar-refractivity contribution in [1.82, 2.24) is 0 Å². The van der Waals surface area contributed by atoms with Crippen molar-refractivity contribution in [2.45, 2.75) is 104 Å². The van der Waals surface area contributed by atoms with E-state index in [0.29, 0.717) is 24.8 Å². The maximum Gasteiger partial charge on any atom is 0.338 e. The maximum absolute atomic E-state index is 13.0. The van der Waals surface area contributed by atoms with Gasteiger partial charge < -0.3 is 24.1 Å². The van der Waals surface area contributed by atoms with Crippen LogP contribution in [0.1, 0.15) is 114 Å². The van der Waals surface area contributed by atoms with Gasteiger partial charge in [-0.25, -0.2) is 4.79 Å². The van der Waals surface area contributed by atoms with E-state index in [-0.39, 0.29) is 54.4 Å². The number of carbonyl (C=O) groups excluding carboxylic acids is 4. The smallest absolute Gasteiger partial charge is 0.338 e. The van der Waals surface area contributed by atoms with Crippen molar-refractivity contribution in [2.24, 2.45) is 0 Å². The summed E-state index contributed by atoms with van der Waals surface area (Å²) in [4.78, 5) is 51.0. The zero-order chi connectivity index (χ0) is 30.0. The van der Waals surface area contributed by atoms with Crippen molar-refractivity contribution < 1.29 is 43.2 Å². The van der Waals surface area contributed by atoms with Gasteiger partial charge in [-0.05, 0) is 37.5 Å². The van der Waals surface area contributed by atoms with Crippen LogP contribution in [0.4, 0.5) is 0 Å². The largest absolute Gasteiger partial charge is 0.508 e. The van der Waals surface area contributed by atoms with Gasteiger partial charge in [0.25, 0.3) is 0 Å². The third-order valence-electron chi connectivity index (χ3n) is 6.22. The molecule has 0 aliphatic carbocycles. The van der Waals surface area contributed by atoms with Crippen LogP contribution in [0, 0.1) is 0 Å². The lowest BCUT2D eigenvalue weighted by atomic mass is 10.1. The van der Waals surface area contributed by atoms with Crippen LogP contribution in [0.15, 0.2) is 36.4 Å². The number of unbranched alkanes of at least 4 members (excludes halogenated alkanes) is 6. The summed E-state index contributed by atoms with van der Waals surface area (Å²) in [6.07, 6.45) is 7.36. The molecule has 0 spiro atoms. The third kappa shape index (κ3) is 12.0. The summed E-state index contributed by atoms with van der Waals surface area (Å²) >= 11 is 0. The summed E-state index contributed by atoms with van der Waals surface area (Å²) < 4.78 is 22.1. The van der Waals surface area contributed by atoms with Crippen LogP contribution < -0.4 is 14.2 Å². The van der Waals surface area contributed by atoms with Gasteiger partial charge in [0.2, 0.25) is 5.75 Å². The highest BCUT2D eigenvalue weighted by molar-refractivity contribution is 5.92. The summed E-state index contributed by atoms with van der Waals surface area (Å²) in [5.41, 5.74) is 0.308. The molecule has 2 rings (SSSR count). The lowest BCUT2D eigenvalue weighted by Gasteiger charge is -2.16. The Bertz CT molecular complexity index is 1110. The van der Waals surface area contributed by atoms with Gasteiger partial charge in [-0.1, -0.05) is 77.5 Å². The third-order valence-corrected chi connectivity index (χ3v) is 6.22. The fraction of sp³-hybridized carbons (Fsp3) is 0.500.